The highest BCUT2D eigenvalue weighted by Crippen LogP contribution is 2.32. The Bertz CT molecular complexity index is 1160. The Morgan fingerprint density at radius 1 is 0.882 bits per heavy atom. The fourth-order valence-electron chi connectivity index (χ4n) is 4.62. The number of piperidine rings is 1. The third kappa shape index (κ3) is 5.29. The van der Waals surface area contributed by atoms with Crippen molar-refractivity contribution >= 4 is 29.7 Å². The molecular formula is C25H27ClF2N4OS. The molecule has 3 heterocycles. The van der Waals surface area contributed by atoms with E-state index in [-0.39, 0.29) is 29.7 Å². The van der Waals surface area contributed by atoms with Gasteiger partial charge in [-0.3, -0.25) is 4.57 Å². The number of halogens is 3. The number of fused-ring (bicyclic) bond motifs is 1. The lowest BCUT2D eigenvalue weighted by molar-refractivity contribution is 0.242. The molecule has 0 amide bonds. The van der Waals surface area contributed by atoms with Crippen LogP contribution >= 0.6 is 24.2 Å². The molecule has 1 fully saturated rings. The Morgan fingerprint density at radius 3 is 2.03 bits per heavy atom. The van der Waals surface area contributed by atoms with Crippen molar-refractivity contribution < 1.29 is 8.78 Å². The Balaban J connectivity index is 0.00000274. The van der Waals surface area contributed by atoms with Crippen molar-refractivity contribution in [2.24, 2.45) is 0 Å². The third-order valence-corrected chi connectivity index (χ3v) is 7.33. The van der Waals surface area contributed by atoms with Crippen molar-refractivity contribution in [2.75, 3.05) is 25.4 Å². The van der Waals surface area contributed by atoms with Gasteiger partial charge in [-0.05, 0) is 53.8 Å². The minimum absolute atomic E-state index is 0. The van der Waals surface area contributed by atoms with Gasteiger partial charge in [0.1, 0.15) is 17.5 Å². The van der Waals surface area contributed by atoms with E-state index in [1.54, 1.807) is 33.5 Å². The first-order valence-corrected chi connectivity index (χ1v) is 12.4. The summed E-state index contributed by atoms with van der Waals surface area (Å²) in [6.07, 6.45) is 1.74. The fourth-order valence-corrected chi connectivity index (χ4v) is 5.48. The van der Waals surface area contributed by atoms with E-state index in [0.717, 1.165) is 73.1 Å². The second kappa shape index (κ2) is 10.9. The predicted octanol–water partition coefficient (Wildman–Crippen LogP) is 4.59. The van der Waals surface area contributed by atoms with E-state index >= 15 is 0 Å². The third-order valence-electron chi connectivity index (χ3n) is 6.40. The van der Waals surface area contributed by atoms with Crippen LogP contribution in [0.3, 0.4) is 0 Å². The summed E-state index contributed by atoms with van der Waals surface area (Å²) in [6.45, 7) is 3.86. The monoisotopic (exact) mass is 504 g/mol. The molecule has 0 atom stereocenters. The van der Waals surface area contributed by atoms with Gasteiger partial charge in [-0.1, -0.05) is 29.8 Å². The van der Waals surface area contributed by atoms with Crippen LogP contribution in [0.15, 0.2) is 58.9 Å². The molecule has 1 saturated heterocycles. The van der Waals surface area contributed by atoms with Crippen LogP contribution < -0.4 is 5.69 Å². The average Bonchev–Trinajstić information content (AvgIpc) is 3.17. The van der Waals surface area contributed by atoms with Crippen LogP contribution in [-0.4, -0.2) is 44.6 Å². The number of benzene rings is 2. The first-order chi connectivity index (χ1) is 16.1. The minimum atomic E-state index is -0.271. The van der Waals surface area contributed by atoms with Crippen LogP contribution in [0.1, 0.15) is 29.8 Å². The van der Waals surface area contributed by atoms with Crippen molar-refractivity contribution in [2.45, 2.75) is 31.7 Å². The van der Waals surface area contributed by atoms with E-state index in [4.69, 9.17) is 0 Å². The van der Waals surface area contributed by atoms with Gasteiger partial charge in [0.15, 0.2) is 0 Å². The zero-order valence-electron chi connectivity index (χ0n) is 18.8. The van der Waals surface area contributed by atoms with Crippen LogP contribution in [0.25, 0.3) is 5.57 Å². The molecule has 0 saturated carbocycles. The maximum atomic E-state index is 13.5. The smallest absolute Gasteiger partial charge is 0.301 e. The van der Waals surface area contributed by atoms with Crippen LogP contribution in [-0.2, 0) is 18.8 Å². The maximum absolute atomic E-state index is 13.5. The lowest BCUT2D eigenvalue weighted by Crippen LogP contribution is -2.36. The second-order valence-electron chi connectivity index (χ2n) is 8.46. The summed E-state index contributed by atoms with van der Waals surface area (Å²) in [5.41, 5.74) is 4.23. The first-order valence-electron chi connectivity index (χ1n) is 11.3. The number of nitrogens with zero attached hydrogens (tertiary/aromatic N) is 4. The number of hydrogen-bond acceptors (Lipinski definition) is 4. The summed E-state index contributed by atoms with van der Waals surface area (Å²) in [5, 5.41) is 4.52. The number of aromatic nitrogens is 3. The predicted molar refractivity (Wildman–Crippen MR) is 134 cm³/mol. The number of hydrogen-bond donors (Lipinski definition) is 0. The molecule has 1 aromatic heterocycles. The van der Waals surface area contributed by atoms with E-state index in [1.165, 1.54) is 29.8 Å². The Labute approximate surface area is 207 Å². The van der Waals surface area contributed by atoms with Crippen molar-refractivity contribution in [3.05, 3.63) is 93.2 Å². The molecule has 3 aromatic rings. The van der Waals surface area contributed by atoms with Gasteiger partial charge >= 0.3 is 5.69 Å². The Kier molecular flexibility index (Phi) is 7.91. The molecule has 0 aliphatic carbocycles. The maximum Gasteiger partial charge on any atom is 0.346 e. The number of thioether (sulfide) groups is 1. The molecule has 5 nitrogen and oxygen atoms in total. The second-order valence-corrected chi connectivity index (χ2v) is 9.57. The van der Waals surface area contributed by atoms with E-state index in [1.807, 2.05) is 11.8 Å². The summed E-state index contributed by atoms with van der Waals surface area (Å²) in [7, 11) is 0. The first kappa shape index (κ1) is 24.7. The highest BCUT2D eigenvalue weighted by atomic mass is 35.5. The summed E-state index contributed by atoms with van der Waals surface area (Å²) < 4.78 is 30.4. The zero-order chi connectivity index (χ0) is 22.8. The van der Waals surface area contributed by atoms with Gasteiger partial charge < -0.3 is 4.90 Å². The van der Waals surface area contributed by atoms with E-state index in [9.17, 15) is 13.6 Å². The highest BCUT2D eigenvalue weighted by Gasteiger charge is 2.21. The molecule has 180 valence electrons. The van der Waals surface area contributed by atoms with Gasteiger partial charge in [0, 0.05) is 31.9 Å². The molecule has 34 heavy (non-hydrogen) atoms. The Hall–Kier alpha value is -2.42. The lowest BCUT2D eigenvalue weighted by Gasteiger charge is -2.30. The van der Waals surface area contributed by atoms with Gasteiger partial charge in [0.05, 0.1) is 12.3 Å². The summed E-state index contributed by atoms with van der Waals surface area (Å²) in [4.78, 5) is 14.9. The van der Waals surface area contributed by atoms with Gasteiger partial charge in [-0.2, -0.15) is 16.9 Å². The molecule has 0 unspecified atom stereocenters. The molecule has 0 N–H and O–H groups in total. The summed E-state index contributed by atoms with van der Waals surface area (Å²) in [5.74, 6) is 2.10. The van der Waals surface area contributed by atoms with E-state index in [2.05, 4.69) is 10.00 Å². The quantitative estimate of drug-likeness (QED) is 0.510. The zero-order valence-corrected chi connectivity index (χ0v) is 20.4. The largest absolute Gasteiger partial charge is 0.346 e. The summed E-state index contributed by atoms with van der Waals surface area (Å²) in [6, 6.07) is 13.0. The van der Waals surface area contributed by atoms with Crippen LogP contribution in [0.4, 0.5) is 8.78 Å². The molecule has 9 heteroatoms. The highest BCUT2D eigenvalue weighted by molar-refractivity contribution is 7.98. The molecule has 2 aromatic carbocycles. The average molecular weight is 505 g/mol. The SMILES string of the molecule is Cl.O=c1n(CCN2CCC(=C(c3ccc(F)cc3)c3ccc(F)cc3)CC2)nc2n1CCSC2. The van der Waals surface area contributed by atoms with Crippen molar-refractivity contribution in [3.63, 3.8) is 0 Å². The standard InChI is InChI=1S/C25H26F2N4OS.ClH/c26-21-5-1-18(2-6-21)24(19-3-7-22(27)8-4-19)20-9-11-29(12-10-20)13-14-31-25(32)30-15-16-33-17-23(30)28-31;/h1-8H,9-17H2;1H. The summed E-state index contributed by atoms with van der Waals surface area (Å²) >= 11 is 1.81. The molecule has 5 rings (SSSR count). The molecule has 0 bridgehead atoms. The Morgan fingerprint density at radius 2 is 1.47 bits per heavy atom. The van der Waals surface area contributed by atoms with E-state index in [0.29, 0.717) is 6.54 Å². The molecule has 0 spiro atoms. The molecular weight excluding hydrogens is 478 g/mol. The molecule has 0 radical (unpaired) electrons. The van der Waals surface area contributed by atoms with Gasteiger partial charge in [0.25, 0.3) is 0 Å². The normalized spacial score (nSPS) is 16.1. The van der Waals surface area contributed by atoms with Gasteiger partial charge in [-0.15, -0.1) is 12.4 Å². The van der Waals surface area contributed by atoms with Gasteiger partial charge in [-0.25, -0.2) is 18.3 Å². The number of likely N-dealkylation sites (tertiary alicyclic amines) is 1. The topological polar surface area (TPSA) is 43.1 Å². The van der Waals surface area contributed by atoms with Crippen LogP contribution in [0.5, 0.6) is 0 Å². The van der Waals surface area contributed by atoms with E-state index < -0.39 is 0 Å². The number of rotatable bonds is 5. The van der Waals surface area contributed by atoms with Crippen LogP contribution in [0.2, 0.25) is 0 Å². The van der Waals surface area contributed by atoms with Crippen molar-refractivity contribution in [1.82, 2.24) is 19.2 Å². The molecule has 2 aliphatic rings. The lowest BCUT2D eigenvalue weighted by atomic mass is 9.88. The van der Waals surface area contributed by atoms with Crippen molar-refractivity contribution in [1.29, 1.82) is 0 Å². The van der Waals surface area contributed by atoms with Crippen LogP contribution in [0, 0.1) is 11.6 Å². The van der Waals surface area contributed by atoms with Gasteiger partial charge in [0.2, 0.25) is 0 Å². The fraction of sp³-hybridized carbons (Fsp3) is 0.360. The molecule has 2 aliphatic heterocycles. The van der Waals surface area contributed by atoms with Crippen molar-refractivity contribution in [3.8, 4) is 0 Å². The minimum Gasteiger partial charge on any atom is -0.301 e.